The van der Waals surface area contributed by atoms with Crippen LogP contribution in [0.2, 0.25) is 5.02 Å². The maximum absolute atomic E-state index is 6.04. The molecule has 1 saturated carbocycles. The first-order valence-electron chi connectivity index (χ1n) is 6.85. The van der Waals surface area contributed by atoms with Gasteiger partial charge in [0.15, 0.2) is 5.82 Å². The van der Waals surface area contributed by atoms with Crippen molar-refractivity contribution in [3.05, 3.63) is 41.3 Å². The van der Waals surface area contributed by atoms with Gasteiger partial charge in [0.1, 0.15) is 0 Å². The molecule has 0 aliphatic heterocycles. The molecule has 21 heavy (non-hydrogen) atoms. The third kappa shape index (κ3) is 2.23. The molecule has 0 bridgehead atoms. The first-order chi connectivity index (χ1) is 10.2. The average Bonchev–Trinajstić information content (AvgIpc) is 2.94. The summed E-state index contributed by atoms with van der Waals surface area (Å²) in [5.74, 6) is 2.36. The van der Waals surface area contributed by atoms with Gasteiger partial charge in [0.05, 0.1) is 17.5 Å². The molecule has 2 atom stereocenters. The molecule has 1 fully saturated rings. The van der Waals surface area contributed by atoms with E-state index in [4.69, 9.17) is 16.1 Å². The standard InChI is InChI=1S/C15H13ClN4O/c1-8-5-11(8)14-18-15(21-20-14)12-7-17-19-13(12)9-3-2-4-10(16)6-9/h2-4,6-8,11H,5H2,1H3,(H,17,19). The van der Waals surface area contributed by atoms with Crippen LogP contribution in [0.4, 0.5) is 0 Å². The molecule has 1 N–H and O–H groups in total. The summed E-state index contributed by atoms with van der Waals surface area (Å²) in [6, 6.07) is 7.57. The Labute approximate surface area is 126 Å². The normalized spacial score (nSPS) is 20.7. The number of hydrogen-bond donors (Lipinski definition) is 1. The zero-order chi connectivity index (χ0) is 14.4. The van der Waals surface area contributed by atoms with E-state index in [1.54, 1.807) is 6.20 Å². The van der Waals surface area contributed by atoms with Crippen molar-refractivity contribution in [3.63, 3.8) is 0 Å². The lowest BCUT2D eigenvalue weighted by atomic mass is 10.1. The van der Waals surface area contributed by atoms with Crippen LogP contribution >= 0.6 is 11.6 Å². The minimum Gasteiger partial charge on any atom is -0.334 e. The number of benzene rings is 1. The van der Waals surface area contributed by atoms with Gasteiger partial charge in [0.2, 0.25) is 0 Å². The highest BCUT2D eigenvalue weighted by Crippen LogP contribution is 2.46. The molecule has 0 amide bonds. The number of aromatic amines is 1. The second-order valence-electron chi connectivity index (χ2n) is 5.45. The van der Waals surface area contributed by atoms with Gasteiger partial charge in [-0.15, -0.1) is 0 Å². The summed E-state index contributed by atoms with van der Waals surface area (Å²) in [5.41, 5.74) is 2.57. The summed E-state index contributed by atoms with van der Waals surface area (Å²) in [5, 5.41) is 11.8. The molecule has 1 aromatic carbocycles. The highest BCUT2D eigenvalue weighted by atomic mass is 35.5. The van der Waals surface area contributed by atoms with Gasteiger partial charge in [-0.25, -0.2) is 0 Å². The fourth-order valence-corrected chi connectivity index (χ4v) is 2.68. The van der Waals surface area contributed by atoms with Crippen molar-refractivity contribution in [2.75, 3.05) is 0 Å². The third-order valence-corrected chi connectivity index (χ3v) is 4.10. The fraction of sp³-hybridized carbons (Fsp3) is 0.267. The molecule has 0 spiro atoms. The van der Waals surface area contributed by atoms with E-state index in [-0.39, 0.29) is 0 Å². The van der Waals surface area contributed by atoms with Crippen molar-refractivity contribution >= 4 is 11.6 Å². The maximum atomic E-state index is 6.04. The van der Waals surface area contributed by atoms with E-state index in [0.717, 1.165) is 29.1 Å². The van der Waals surface area contributed by atoms with Crippen molar-refractivity contribution in [2.24, 2.45) is 5.92 Å². The maximum Gasteiger partial charge on any atom is 0.261 e. The predicted octanol–water partition coefficient (Wildman–Crippen LogP) is 3.90. The van der Waals surface area contributed by atoms with Crippen LogP contribution in [0.3, 0.4) is 0 Å². The van der Waals surface area contributed by atoms with Gasteiger partial charge in [-0.1, -0.05) is 35.8 Å². The Bertz CT molecular complexity index is 794. The number of hydrogen-bond acceptors (Lipinski definition) is 4. The van der Waals surface area contributed by atoms with Gasteiger partial charge in [-0.2, -0.15) is 10.1 Å². The molecule has 4 rings (SSSR count). The lowest BCUT2D eigenvalue weighted by molar-refractivity contribution is 0.422. The van der Waals surface area contributed by atoms with Crippen molar-refractivity contribution < 1.29 is 4.52 Å². The van der Waals surface area contributed by atoms with Crippen LogP contribution in [-0.2, 0) is 0 Å². The number of H-pyrrole nitrogens is 1. The quantitative estimate of drug-likeness (QED) is 0.796. The first kappa shape index (κ1) is 12.6. The minimum absolute atomic E-state index is 0.434. The van der Waals surface area contributed by atoms with Gasteiger partial charge < -0.3 is 4.52 Å². The van der Waals surface area contributed by atoms with Gasteiger partial charge >= 0.3 is 0 Å². The lowest BCUT2D eigenvalue weighted by Crippen LogP contribution is -1.85. The summed E-state index contributed by atoms with van der Waals surface area (Å²) in [7, 11) is 0. The molecular weight excluding hydrogens is 288 g/mol. The van der Waals surface area contributed by atoms with Gasteiger partial charge in [-0.05, 0) is 24.5 Å². The highest BCUT2D eigenvalue weighted by Gasteiger charge is 2.38. The molecule has 0 radical (unpaired) electrons. The Kier molecular flexibility index (Phi) is 2.82. The smallest absolute Gasteiger partial charge is 0.261 e. The molecule has 1 aliphatic carbocycles. The molecule has 6 heteroatoms. The van der Waals surface area contributed by atoms with Gasteiger partial charge in [-0.3, -0.25) is 5.10 Å². The molecule has 5 nitrogen and oxygen atoms in total. The van der Waals surface area contributed by atoms with Crippen LogP contribution in [-0.4, -0.2) is 20.3 Å². The zero-order valence-corrected chi connectivity index (χ0v) is 12.1. The van der Waals surface area contributed by atoms with E-state index in [1.807, 2.05) is 24.3 Å². The summed E-state index contributed by atoms with van der Waals surface area (Å²) < 4.78 is 5.40. The zero-order valence-electron chi connectivity index (χ0n) is 11.4. The van der Waals surface area contributed by atoms with E-state index >= 15 is 0 Å². The number of aromatic nitrogens is 4. The van der Waals surface area contributed by atoms with Crippen LogP contribution < -0.4 is 0 Å². The Morgan fingerprint density at radius 2 is 2.24 bits per heavy atom. The van der Waals surface area contributed by atoms with E-state index in [1.165, 1.54) is 0 Å². The van der Waals surface area contributed by atoms with E-state index in [9.17, 15) is 0 Å². The molecule has 0 saturated heterocycles. The number of halogens is 1. The second-order valence-corrected chi connectivity index (χ2v) is 5.88. The summed E-state index contributed by atoms with van der Waals surface area (Å²) in [4.78, 5) is 4.50. The second kappa shape index (κ2) is 4.70. The van der Waals surface area contributed by atoms with Gasteiger partial charge in [0.25, 0.3) is 5.89 Å². The largest absolute Gasteiger partial charge is 0.334 e. The topological polar surface area (TPSA) is 67.6 Å². The van der Waals surface area contributed by atoms with Crippen LogP contribution in [0.15, 0.2) is 35.0 Å². The van der Waals surface area contributed by atoms with E-state index in [2.05, 4.69) is 27.3 Å². The average molecular weight is 301 g/mol. The van der Waals surface area contributed by atoms with Crippen LogP contribution in [0.1, 0.15) is 25.1 Å². The number of nitrogens with one attached hydrogen (secondary N) is 1. The van der Waals surface area contributed by atoms with E-state index in [0.29, 0.717) is 22.7 Å². The Morgan fingerprint density at radius 1 is 1.38 bits per heavy atom. The van der Waals surface area contributed by atoms with Crippen molar-refractivity contribution in [1.82, 2.24) is 20.3 Å². The lowest BCUT2D eigenvalue weighted by Gasteiger charge is -2.00. The number of rotatable bonds is 3. The van der Waals surface area contributed by atoms with Crippen LogP contribution in [0.25, 0.3) is 22.7 Å². The molecule has 3 aromatic rings. The molecule has 1 aliphatic rings. The van der Waals surface area contributed by atoms with Crippen molar-refractivity contribution in [1.29, 1.82) is 0 Å². The Balaban J connectivity index is 1.73. The summed E-state index contributed by atoms with van der Waals surface area (Å²) >= 11 is 6.04. The van der Waals surface area contributed by atoms with Crippen molar-refractivity contribution in [3.8, 4) is 22.7 Å². The summed E-state index contributed by atoms with van der Waals surface area (Å²) in [6.45, 7) is 2.19. The molecule has 2 heterocycles. The first-order valence-corrected chi connectivity index (χ1v) is 7.23. The monoisotopic (exact) mass is 300 g/mol. The summed E-state index contributed by atoms with van der Waals surface area (Å²) in [6.07, 6.45) is 2.83. The molecule has 2 aromatic heterocycles. The SMILES string of the molecule is CC1CC1c1noc(-c2cn[nH]c2-c2cccc(Cl)c2)n1. The predicted molar refractivity (Wildman–Crippen MR) is 78.8 cm³/mol. The highest BCUT2D eigenvalue weighted by molar-refractivity contribution is 6.30. The molecule has 2 unspecified atom stereocenters. The third-order valence-electron chi connectivity index (χ3n) is 3.87. The van der Waals surface area contributed by atoms with Crippen LogP contribution in [0.5, 0.6) is 0 Å². The van der Waals surface area contributed by atoms with Crippen molar-refractivity contribution in [2.45, 2.75) is 19.3 Å². The fourth-order valence-electron chi connectivity index (χ4n) is 2.49. The number of nitrogens with zero attached hydrogens (tertiary/aromatic N) is 3. The molecular formula is C15H13ClN4O. The minimum atomic E-state index is 0.434. The van der Waals surface area contributed by atoms with E-state index < -0.39 is 0 Å². The molecule has 106 valence electrons. The Hall–Kier alpha value is -2.14. The Morgan fingerprint density at radius 3 is 3.00 bits per heavy atom. The van der Waals surface area contributed by atoms with Crippen LogP contribution in [0, 0.1) is 5.92 Å². The van der Waals surface area contributed by atoms with Gasteiger partial charge in [0, 0.05) is 16.5 Å².